The first-order chi connectivity index (χ1) is 9.01. The van der Waals surface area contributed by atoms with Crippen LogP contribution in [0.5, 0.6) is 0 Å². The molecule has 0 radical (unpaired) electrons. The Morgan fingerprint density at radius 3 is 2.79 bits per heavy atom. The van der Waals surface area contributed by atoms with Gasteiger partial charge in [-0.2, -0.15) is 5.10 Å². The zero-order valence-corrected chi connectivity index (χ0v) is 11.3. The van der Waals surface area contributed by atoms with Crippen molar-refractivity contribution in [1.29, 1.82) is 0 Å². The Bertz CT molecular complexity index is 492. The van der Waals surface area contributed by atoms with Crippen molar-refractivity contribution in [1.82, 2.24) is 15.5 Å². The molecule has 1 amide bonds. The SMILES string of the molecule is COCC(CCO)NC(=O)c1c(C)c(C)n[nH]c1=O. The van der Waals surface area contributed by atoms with Crippen molar-refractivity contribution in [3.05, 3.63) is 27.2 Å². The van der Waals surface area contributed by atoms with Crippen molar-refractivity contribution < 1.29 is 14.6 Å². The van der Waals surface area contributed by atoms with E-state index in [0.717, 1.165) is 0 Å². The summed E-state index contributed by atoms with van der Waals surface area (Å²) >= 11 is 0. The number of H-pyrrole nitrogens is 1. The van der Waals surface area contributed by atoms with Gasteiger partial charge in [0.15, 0.2) is 0 Å². The van der Waals surface area contributed by atoms with Gasteiger partial charge in [0.2, 0.25) is 0 Å². The largest absolute Gasteiger partial charge is 0.396 e. The highest BCUT2D eigenvalue weighted by Gasteiger charge is 2.19. The van der Waals surface area contributed by atoms with Crippen LogP contribution < -0.4 is 10.9 Å². The average Bonchev–Trinajstić information content (AvgIpc) is 2.35. The Morgan fingerprint density at radius 1 is 1.53 bits per heavy atom. The third kappa shape index (κ3) is 3.87. The first-order valence-electron chi connectivity index (χ1n) is 5.97. The summed E-state index contributed by atoms with van der Waals surface area (Å²) < 4.78 is 4.95. The molecule has 7 nitrogen and oxygen atoms in total. The van der Waals surface area contributed by atoms with Crippen molar-refractivity contribution in [2.45, 2.75) is 26.3 Å². The highest BCUT2D eigenvalue weighted by atomic mass is 16.5. The summed E-state index contributed by atoms with van der Waals surface area (Å²) in [5.74, 6) is -0.486. The van der Waals surface area contributed by atoms with Gasteiger partial charge in [-0.3, -0.25) is 9.59 Å². The van der Waals surface area contributed by atoms with Crippen molar-refractivity contribution in [2.75, 3.05) is 20.3 Å². The zero-order valence-electron chi connectivity index (χ0n) is 11.3. The fourth-order valence-electron chi connectivity index (χ4n) is 1.71. The van der Waals surface area contributed by atoms with Gasteiger partial charge in [-0.05, 0) is 25.8 Å². The van der Waals surface area contributed by atoms with Gasteiger partial charge < -0.3 is 15.2 Å². The van der Waals surface area contributed by atoms with Gasteiger partial charge >= 0.3 is 0 Å². The number of ether oxygens (including phenoxy) is 1. The molecule has 0 spiro atoms. The lowest BCUT2D eigenvalue weighted by Gasteiger charge is -2.17. The highest BCUT2D eigenvalue weighted by molar-refractivity contribution is 5.95. The van der Waals surface area contributed by atoms with Crippen LogP contribution in [0.15, 0.2) is 4.79 Å². The topological polar surface area (TPSA) is 104 Å². The van der Waals surface area contributed by atoms with Crippen LogP contribution >= 0.6 is 0 Å². The van der Waals surface area contributed by atoms with Gasteiger partial charge in [0.25, 0.3) is 11.5 Å². The predicted molar refractivity (Wildman–Crippen MR) is 69.2 cm³/mol. The fourth-order valence-corrected chi connectivity index (χ4v) is 1.71. The molecule has 0 aliphatic carbocycles. The van der Waals surface area contributed by atoms with Crippen LogP contribution in [0.4, 0.5) is 0 Å². The van der Waals surface area contributed by atoms with Gasteiger partial charge in [0, 0.05) is 13.7 Å². The number of hydrogen-bond donors (Lipinski definition) is 3. The van der Waals surface area contributed by atoms with E-state index in [1.54, 1.807) is 13.8 Å². The van der Waals surface area contributed by atoms with E-state index in [2.05, 4.69) is 15.5 Å². The molecule has 0 saturated carbocycles. The first kappa shape index (κ1) is 15.3. The van der Waals surface area contributed by atoms with E-state index in [1.807, 2.05) is 0 Å². The number of aliphatic hydroxyl groups is 1. The van der Waals surface area contributed by atoms with E-state index in [0.29, 0.717) is 17.7 Å². The van der Waals surface area contributed by atoms with Crippen molar-refractivity contribution in [2.24, 2.45) is 0 Å². The first-order valence-corrected chi connectivity index (χ1v) is 5.97. The number of amides is 1. The molecule has 1 rings (SSSR count). The van der Waals surface area contributed by atoms with Crippen LogP contribution in [-0.2, 0) is 4.74 Å². The second-order valence-electron chi connectivity index (χ2n) is 4.28. The van der Waals surface area contributed by atoms with Gasteiger partial charge in [-0.1, -0.05) is 0 Å². The second-order valence-corrected chi connectivity index (χ2v) is 4.28. The molecule has 0 aliphatic rings. The van der Waals surface area contributed by atoms with E-state index in [4.69, 9.17) is 9.84 Å². The monoisotopic (exact) mass is 269 g/mol. The Balaban J connectivity index is 2.94. The lowest BCUT2D eigenvalue weighted by molar-refractivity contribution is 0.0876. The minimum Gasteiger partial charge on any atom is -0.396 e. The lowest BCUT2D eigenvalue weighted by atomic mass is 10.1. The number of aromatic nitrogens is 2. The molecule has 0 fully saturated rings. The third-order valence-electron chi connectivity index (χ3n) is 2.88. The molecule has 0 bridgehead atoms. The Kier molecular flexibility index (Phi) is 5.65. The molecule has 0 aromatic carbocycles. The summed E-state index contributed by atoms with van der Waals surface area (Å²) in [5.41, 5.74) is 0.656. The standard InChI is InChI=1S/C12H19N3O4/c1-7-8(2)14-15-12(18)10(7)11(17)13-9(4-5-16)6-19-3/h9,16H,4-6H2,1-3H3,(H,13,17)(H,15,18). The molecule has 106 valence electrons. The molecule has 1 aromatic rings. The van der Waals surface area contributed by atoms with Gasteiger partial charge in [0.05, 0.1) is 18.3 Å². The quantitative estimate of drug-likeness (QED) is 0.646. The summed E-state index contributed by atoms with van der Waals surface area (Å²) in [7, 11) is 1.51. The predicted octanol–water partition coefficient (Wildman–Crippen LogP) is -0.486. The van der Waals surface area contributed by atoms with Crippen LogP contribution in [0.1, 0.15) is 28.0 Å². The highest BCUT2D eigenvalue weighted by Crippen LogP contribution is 2.05. The smallest absolute Gasteiger partial charge is 0.277 e. The molecule has 1 atom stereocenters. The fraction of sp³-hybridized carbons (Fsp3) is 0.583. The molecule has 1 aromatic heterocycles. The van der Waals surface area contributed by atoms with Crippen LogP contribution in [-0.4, -0.2) is 47.6 Å². The van der Waals surface area contributed by atoms with Crippen molar-refractivity contribution >= 4 is 5.91 Å². The summed E-state index contributed by atoms with van der Waals surface area (Å²) in [6.07, 6.45) is 0.362. The number of aryl methyl sites for hydroxylation is 1. The van der Waals surface area contributed by atoms with E-state index in [9.17, 15) is 9.59 Å². The number of nitrogens with one attached hydrogen (secondary N) is 2. The molecule has 1 unspecified atom stereocenters. The third-order valence-corrected chi connectivity index (χ3v) is 2.88. The molecule has 1 heterocycles. The zero-order chi connectivity index (χ0) is 14.4. The molecule has 19 heavy (non-hydrogen) atoms. The number of methoxy groups -OCH3 is 1. The van der Waals surface area contributed by atoms with E-state index >= 15 is 0 Å². The number of carbonyl (C=O) groups excluding carboxylic acids is 1. The molecular weight excluding hydrogens is 250 g/mol. The number of carbonyl (C=O) groups is 1. The summed E-state index contributed by atoms with van der Waals surface area (Å²) in [5, 5.41) is 17.7. The molecule has 3 N–H and O–H groups in total. The van der Waals surface area contributed by atoms with Crippen molar-refractivity contribution in [3.63, 3.8) is 0 Å². The minimum atomic E-state index is -0.527. The molecule has 0 aliphatic heterocycles. The number of rotatable bonds is 6. The Morgan fingerprint density at radius 2 is 2.21 bits per heavy atom. The maximum atomic E-state index is 12.1. The van der Waals surface area contributed by atoms with Gasteiger partial charge in [-0.15, -0.1) is 0 Å². The lowest BCUT2D eigenvalue weighted by Crippen LogP contribution is -2.41. The number of aromatic amines is 1. The van der Waals surface area contributed by atoms with Crippen LogP contribution in [0, 0.1) is 13.8 Å². The number of nitrogens with zero attached hydrogens (tertiary/aromatic N) is 1. The van der Waals surface area contributed by atoms with Crippen LogP contribution in [0.25, 0.3) is 0 Å². The number of hydrogen-bond acceptors (Lipinski definition) is 5. The molecule has 0 saturated heterocycles. The summed E-state index contributed by atoms with van der Waals surface area (Å²) in [6.45, 7) is 3.58. The van der Waals surface area contributed by atoms with Crippen molar-refractivity contribution in [3.8, 4) is 0 Å². The average molecular weight is 269 g/mol. The van der Waals surface area contributed by atoms with Crippen LogP contribution in [0.2, 0.25) is 0 Å². The maximum Gasteiger partial charge on any atom is 0.277 e. The van der Waals surface area contributed by atoms with Crippen LogP contribution in [0.3, 0.4) is 0 Å². The van der Waals surface area contributed by atoms with E-state index in [1.165, 1.54) is 7.11 Å². The number of aliphatic hydroxyl groups excluding tert-OH is 1. The van der Waals surface area contributed by atoms with Gasteiger partial charge in [0.1, 0.15) is 5.56 Å². The Labute approximate surface area is 111 Å². The van der Waals surface area contributed by atoms with Gasteiger partial charge in [-0.25, -0.2) is 5.10 Å². The minimum absolute atomic E-state index is 0.0477. The molecular formula is C12H19N3O4. The van der Waals surface area contributed by atoms with E-state index < -0.39 is 11.5 Å². The molecule has 7 heteroatoms. The Hall–Kier alpha value is -1.73. The summed E-state index contributed by atoms with van der Waals surface area (Å²) in [4.78, 5) is 23.8. The maximum absolute atomic E-state index is 12.1. The normalized spacial score (nSPS) is 12.2. The van der Waals surface area contributed by atoms with E-state index in [-0.39, 0.29) is 24.8 Å². The summed E-state index contributed by atoms with van der Waals surface area (Å²) in [6, 6.07) is -0.338. The second kappa shape index (κ2) is 7.01.